The fourth-order valence-electron chi connectivity index (χ4n) is 4.85. The lowest BCUT2D eigenvalue weighted by molar-refractivity contribution is 0.213. The molecule has 0 aromatic heterocycles. The van der Waals surface area contributed by atoms with Crippen LogP contribution in [-0.4, -0.2) is 0 Å². The summed E-state index contributed by atoms with van der Waals surface area (Å²) in [6.07, 6.45) is 9.36. The highest BCUT2D eigenvalue weighted by molar-refractivity contribution is 5.10. The largest absolute Gasteiger partial charge is 0.0625 e. The molecule has 4 unspecified atom stereocenters. The van der Waals surface area contributed by atoms with Crippen LogP contribution in [0.3, 0.4) is 0 Å². The molecule has 0 saturated heterocycles. The van der Waals surface area contributed by atoms with Crippen molar-refractivity contribution in [3.8, 4) is 0 Å². The van der Waals surface area contributed by atoms with Crippen LogP contribution in [0.4, 0.5) is 0 Å². The topological polar surface area (TPSA) is 0 Å². The Morgan fingerprint density at radius 1 is 1.17 bits per heavy atom. The van der Waals surface area contributed by atoms with Gasteiger partial charge in [0.15, 0.2) is 0 Å². The standard InChI is InChI=1S/C12H20/c1-9-5-10-7-11(2)3-4-12(10,6-9)8-11/h9-10H,3-8H2,1-2H3. The zero-order valence-electron chi connectivity index (χ0n) is 8.40. The molecule has 12 heavy (non-hydrogen) atoms. The molecule has 0 aromatic rings. The SMILES string of the molecule is CC1CC2CC3(C)CCC2(C1)C3. The van der Waals surface area contributed by atoms with Gasteiger partial charge in [-0.05, 0) is 61.2 Å². The van der Waals surface area contributed by atoms with Crippen molar-refractivity contribution in [3.05, 3.63) is 0 Å². The van der Waals surface area contributed by atoms with Crippen LogP contribution in [0, 0.1) is 22.7 Å². The molecule has 0 N–H and O–H groups in total. The minimum Gasteiger partial charge on any atom is -0.0625 e. The van der Waals surface area contributed by atoms with Gasteiger partial charge in [-0.15, -0.1) is 0 Å². The van der Waals surface area contributed by atoms with E-state index in [4.69, 9.17) is 0 Å². The fourth-order valence-corrected chi connectivity index (χ4v) is 4.85. The first kappa shape index (κ1) is 7.41. The second-order valence-electron chi connectivity index (χ2n) is 6.30. The molecule has 4 atom stereocenters. The normalized spacial score (nSPS) is 62.5. The van der Waals surface area contributed by atoms with E-state index in [2.05, 4.69) is 13.8 Å². The lowest BCUT2D eigenvalue weighted by atomic mass is 9.76. The first-order chi connectivity index (χ1) is 5.62. The summed E-state index contributed by atoms with van der Waals surface area (Å²) in [5.41, 5.74) is 1.64. The number of hydrogen-bond acceptors (Lipinski definition) is 0. The Labute approximate surface area is 75.7 Å². The molecule has 3 fully saturated rings. The van der Waals surface area contributed by atoms with E-state index in [1.807, 2.05) is 0 Å². The summed E-state index contributed by atoms with van der Waals surface area (Å²) >= 11 is 0. The number of hydrogen-bond donors (Lipinski definition) is 0. The third-order valence-electron chi connectivity index (χ3n) is 5.05. The molecule has 0 amide bonds. The molecule has 3 aliphatic carbocycles. The van der Waals surface area contributed by atoms with Crippen molar-refractivity contribution in [2.45, 2.75) is 52.4 Å². The van der Waals surface area contributed by atoms with Gasteiger partial charge in [0.05, 0.1) is 0 Å². The lowest BCUT2D eigenvalue weighted by Gasteiger charge is -2.29. The van der Waals surface area contributed by atoms with E-state index >= 15 is 0 Å². The highest BCUT2D eigenvalue weighted by atomic mass is 14.6. The minimum atomic E-state index is 0.783. The van der Waals surface area contributed by atoms with Crippen molar-refractivity contribution in [2.75, 3.05) is 0 Å². The van der Waals surface area contributed by atoms with Crippen molar-refractivity contribution >= 4 is 0 Å². The zero-order chi connectivity index (χ0) is 8.40. The summed E-state index contributed by atoms with van der Waals surface area (Å²) in [5, 5.41) is 0. The Hall–Kier alpha value is 0. The van der Waals surface area contributed by atoms with Gasteiger partial charge in [0.25, 0.3) is 0 Å². The maximum absolute atomic E-state index is 2.53. The third-order valence-corrected chi connectivity index (χ3v) is 5.05. The minimum absolute atomic E-state index is 0.783. The fraction of sp³-hybridized carbons (Fsp3) is 1.00. The van der Waals surface area contributed by atoms with Crippen LogP contribution >= 0.6 is 0 Å². The van der Waals surface area contributed by atoms with Crippen LogP contribution in [0.2, 0.25) is 0 Å². The van der Waals surface area contributed by atoms with Crippen molar-refractivity contribution in [3.63, 3.8) is 0 Å². The van der Waals surface area contributed by atoms with Crippen molar-refractivity contribution in [1.29, 1.82) is 0 Å². The van der Waals surface area contributed by atoms with Crippen LogP contribution < -0.4 is 0 Å². The predicted octanol–water partition coefficient (Wildman–Crippen LogP) is 3.61. The quantitative estimate of drug-likeness (QED) is 0.513. The molecule has 1 spiro atoms. The van der Waals surface area contributed by atoms with Gasteiger partial charge < -0.3 is 0 Å². The van der Waals surface area contributed by atoms with Crippen LogP contribution in [-0.2, 0) is 0 Å². The van der Waals surface area contributed by atoms with Gasteiger partial charge in [-0.2, -0.15) is 0 Å². The second-order valence-corrected chi connectivity index (χ2v) is 6.30. The predicted molar refractivity (Wildman–Crippen MR) is 50.9 cm³/mol. The molecule has 0 heterocycles. The van der Waals surface area contributed by atoms with Gasteiger partial charge in [0, 0.05) is 0 Å². The zero-order valence-corrected chi connectivity index (χ0v) is 8.40. The second kappa shape index (κ2) is 1.91. The Morgan fingerprint density at radius 3 is 2.67 bits per heavy atom. The highest BCUT2D eigenvalue weighted by Gasteiger charge is 2.60. The number of fused-ring (bicyclic) bond motifs is 1. The van der Waals surface area contributed by atoms with E-state index in [-0.39, 0.29) is 0 Å². The summed E-state index contributed by atoms with van der Waals surface area (Å²) in [6, 6.07) is 0. The Kier molecular flexibility index (Phi) is 1.18. The average molecular weight is 164 g/mol. The maximum atomic E-state index is 2.53. The first-order valence-corrected chi connectivity index (χ1v) is 5.62. The molecular weight excluding hydrogens is 144 g/mol. The Balaban J connectivity index is 1.95. The lowest BCUT2D eigenvalue weighted by Crippen LogP contribution is -2.19. The van der Waals surface area contributed by atoms with Crippen molar-refractivity contribution in [2.24, 2.45) is 22.7 Å². The third kappa shape index (κ3) is 0.744. The smallest absolute Gasteiger partial charge is 0.0261 e. The van der Waals surface area contributed by atoms with E-state index in [1.54, 1.807) is 32.1 Å². The molecule has 0 heteroatoms. The monoisotopic (exact) mass is 164 g/mol. The highest BCUT2D eigenvalue weighted by Crippen LogP contribution is 2.70. The molecule has 0 aliphatic heterocycles. The Morgan fingerprint density at radius 2 is 2.00 bits per heavy atom. The number of rotatable bonds is 0. The van der Waals surface area contributed by atoms with Gasteiger partial charge in [-0.25, -0.2) is 0 Å². The molecule has 3 aliphatic rings. The molecule has 3 saturated carbocycles. The molecular formula is C12H20. The van der Waals surface area contributed by atoms with E-state index in [1.165, 1.54) is 6.42 Å². The van der Waals surface area contributed by atoms with E-state index in [9.17, 15) is 0 Å². The summed E-state index contributed by atoms with van der Waals surface area (Å²) in [6.45, 7) is 4.99. The average Bonchev–Trinajstić information content (AvgIpc) is 2.46. The van der Waals surface area contributed by atoms with Gasteiger partial charge in [0.2, 0.25) is 0 Å². The summed E-state index contributed by atoms with van der Waals surface area (Å²) < 4.78 is 0. The summed E-state index contributed by atoms with van der Waals surface area (Å²) in [5.74, 6) is 2.17. The van der Waals surface area contributed by atoms with Crippen molar-refractivity contribution in [1.82, 2.24) is 0 Å². The van der Waals surface area contributed by atoms with Gasteiger partial charge >= 0.3 is 0 Å². The summed E-state index contributed by atoms with van der Waals surface area (Å²) in [7, 11) is 0. The molecule has 3 rings (SSSR count). The van der Waals surface area contributed by atoms with Gasteiger partial charge in [-0.1, -0.05) is 13.8 Å². The Bertz CT molecular complexity index is 220. The van der Waals surface area contributed by atoms with E-state index in [0.29, 0.717) is 0 Å². The van der Waals surface area contributed by atoms with Crippen LogP contribution in [0.1, 0.15) is 52.4 Å². The van der Waals surface area contributed by atoms with Crippen LogP contribution in [0.25, 0.3) is 0 Å². The molecule has 68 valence electrons. The molecule has 2 bridgehead atoms. The van der Waals surface area contributed by atoms with E-state index < -0.39 is 0 Å². The van der Waals surface area contributed by atoms with Gasteiger partial charge in [-0.3, -0.25) is 0 Å². The molecule has 0 aromatic carbocycles. The van der Waals surface area contributed by atoms with Crippen molar-refractivity contribution < 1.29 is 0 Å². The van der Waals surface area contributed by atoms with E-state index in [0.717, 1.165) is 22.7 Å². The van der Waals surface area contributed by atoms with Gasteiger partial charge in [0.1, 0.15) is 0 Å². The maximum Gasteiger partial charge on any atom is -0.0261 e. The summed E-state index contributed by atoms with van der Waals surface area (Å²) in [4.78, 5) is 0. The van der Waals surface area contributed by atoms with Crippen LogP contribution in [0.15, 0.2) is 0 Å². The molecule has 0 nitrogen and oxygen atoms in total. The molecule has 0 radical (unpaired) electrons. The van der Waals surface area contributed by atoms with Crippen LogP contribution in [0.5, 0.6) is 0 Å². The first-order valence-electron chi connectivity index (χ1n) is 5.62.